The normalized spacial score (nSPS) is 14.5. The number of aromatic amines is 2. The number of rotatable bonds is 3. The summed E-state index contributed by atoms with van der Waals surface area (Å²) in [5.41, 5.74) is 5.20. The summed E-state index contributed by atoms with van der Waals surface area (Å²) in [5.74, 6) is 0. The minimum absolute atomic E-state index is 0.280. The molecule has 5 rings (SSSR count). The first-order valence-electron chi connectivity index (χ1n) is 10.8. The third-order valence-corrected chi connectivity index (χ3v) is 5.82. The summed E-state index contributed by atoms with van der Waals surface area (Å²) in [5, 5.41) is 12.7. The van der Waals surface area contributed by atoms with Gasteiger partial charge in [-0.2, -0.15) is 5.10 Å². The van der Waals surface area contributed by atoms with Gasteiger partial charge in [-0.15, -0.1) is 0 Å². The fourth-order valence-electron chi connectivity index (χ4n) is 3.93. The molecule has 8 nitrogen and oxygen atoms in total. The van der Waals surface area contributed by atoms with Gasteiger partial charge in [0.15, 0.2) is 5.15 Å². The van der Waals surface area contributed by atoms with Gasteiger partial charge in [0.25, 0.3) is 0 Å². The molecule has 33 heavy (non-hydrogen) atoms. The number of amides is 1. The lowest BCUT2D eigenvalue weighted by atomic mass is 10.0. The molecule has 0 atom stereocenters. The quantitative estimate of drug-likeness (QED) is 0.352. The number of benzene rings is 1. The summed E-state index contributed by atoms with van der Waals surface area (Å²) < 4.78 is 5.48. The molecule has 9 heteroatoms. The first kappa shape index (κ1) is 21.3. The Bertz CT molecular complexity index is 1380. The molecule has 3 aromatic heterocycles. The number of hydrogen-bond acceptors (Lipinski definition) is 5. The predicted octanol–water partition coefficient (Wildman–Crippen LogP) is 5.86. The third-order valence-electron chi connectivity index (χ3n) is 5.53. The van der Waals surface area contributed by atoms with Crippen LogP contribution in [0.4, 0.5) is 16.2 Å². The van der Waals surface area contributed by atoms with Crippen LogP contribution >= 0.6 is 11.6 Å². The Hall–Kier alpha value is -3.52. The van der Waals surface area contributed by atoms with Crippen molar-refractivity contribution in [1.82, 2.24) is 25.1 Å². The third kappa shape index (κ3) is 4.39. The number of H-pyrrole nitrogens is 2. The van der Waals surface area contributed by atoms with E-state index in [2.05, 4.69) is 37.6 Å². The van der Waals surface area contributed by atoms with Gasteiger partial charge in [-0.1, -0.05) is 17.7 Å². The van der Waals surface area contributed by atoms with Crippen LogP contribution < -0.4 is 5.32 Å². The van der Waals surface area contributed by atoms with E-state index in [1.807, 2.05) is 45.0 Å². The van der Waals surface area contributed by atoms with Crippen molar-refractivity contribution in [2.24, 2.45) is 0 Å². The highest BCUT2D eigenvalue weighted by atomic mass is 35.5. The zero-order valence-corrected chi connectivity index (χ0v) is 19.5. The number of anilines is 2. The van der Waals surface area contributed by atoms with Crippen molar-refractivity contribution < 1.29 is 9.53 Å². The highest BCUT2D eigenvalue weighted by Crippen LogP contribution is 2.32. The van der Waals surface area contributed by atoms with Crippen molar-refractivity contribution >= 4 is 56.6 Å². The Labute approximate surface area is 196 Å². The number of halogens is 1. The van der Waals surface area contributed by atoms with Gasteiger partial charge in [0, 0.05) is 41.4 Å². The van der Waals surface area contributed by atoms with Crippen molar-refractivity contribution in [2.45, 2.75) is 32.8 Å². The SMILES string of the molecule is CC(C)(C)OC(=O)N1CC=C(c2cc3c(Nc4ccc5[nH]nc(Cl)c5c4)ccnc3[nH]2)CC1. The van der Waals surface area contributed by atoms with E-state index in [0.717, 1.165) is 51.0 Å². The summed E-state index contributed by atoms with van der Waals surface area (Å²) in [7, 11) is 0. The zero-order chi connectivity index (χ0) is 23.2. The van der Waals surface area contributed by atoms with E-state index in [-0.39, 0.29) is 6.09 Å². The van der Waals surface area contributed by atoms with Crippen molar-refractivity contribution in [1.29, 1.82) is 0 Å². The molecule has 3 N–H and O–H groups in total. The molecule has 0 radical (unpaired) electrons. The maximum absolute atomic E-state index is 12.3. The van der Waals surface area contributed by atoms with Gasteiger partial charge in [0.05, 0.1) is 11.2 Å². The number of nitrogens with one attached hydrogen (secondary N) is 3. The zero-order valence-electron chi connectivity index (χ0n) is 18.7. The summed E-state index contributed by atoms with van der Waals surface area (Å²) in [6, 6.07) is 9.94. The van der Waals surface area contributed by atoms with Crippen LogP contribution in [0.2, 0.25) is 5.15 Å². The average Bonchev–Trinajstić information content (AvgIpc) is 3.37. The van der Waals surface area contributed by atoms with Crippen molar-refractivity contribution in [3.63, 3.8) is 0 Å². The van der Waals surface area contributed by atoms with Crippen LogP contribution in [0.5, 0.6) is 0 Å². The van der Waals surface area contributed by atoms with Crippen LogP contribution in [-0.4, -0.2) is 49.8 Å². The summed E-state index contributed by atoms with van der Waals surface area (Å²) in [6.45, 7) is 6.76. The maximum Gasteiger partial charge on any atom is 0.410 e. The number of carbonyl (C=O) groups excluding carboxylic acids is 1. The molecule has 1 amide bonds. The highest BCUT2D eigenvalue weighted by molar-refractivity contribution is 6.34. The standard InChI is InChI=1S/C24H25ClN6O2/c1-24(2,3)33-23(32)31-10-7-14(8-11-31)20-13-17-18(6-9-26-22(17)28-20)27-15-4-5-19-16(12-15)21(25)30-29-19/h4-7,9,12-13H,8,10-11H2,1-3H3,(H,29,30)(H2,26,27,28). The summed E-state index contributed by atoms with van der Waals surface area (Å²) >= 11 is 6.17. The number of nitrogens with zero attached hydrogens (tertiary/aromatic N) is 3. The number of ether oxygens (including phenoxy) is 1. The van der Waals surface area contributed by atoms with Gasteiger partial charge in [-0.3, -0.25) is 5.10 Å². The molecule has 0 unspecified atom stereocenters. The fourth-order valence-corrected chi connectivity index (χ4v) is 4.13. The number of fused-ring (bicyclic) bond motifs is 2. The maximum atomic E-state index is 12.3. The molecule has 1 aromatic carbocycles. The Morgan fingerprint density at radius 2 is 2.06 bits per heavy atom. The molecule has 0 bridgehead atoms. The second-order valence-electron chi connectivity index (χ2n) is 9.11. The van der Waals surface area contributed by atoms with E-state index in [1.54, 1.807) is 11.1 Å². The second kappa shape index (κ2) is 8.12. The molecule has 0 fully saturated rings. The first-order chi connectivity index (χ1) is 15.8. The summed E-state index contributed by atoms with van der Waals surface area (Å²) in [6.07, 6.45) is 4.30. The van der Waals surface area contributed by atoms with Gasteiger partial charge in [0.2, 0.25) is 0 Å². The molecule has 0 saturated heterocycles. The van der Waals surface area contributed by atoms with Gasteiger partial charge in [-0.25, -0.2) is 9.78 Å². The van der Waals surface area contributed by atoms with Crippen molar-refractivity contribution in [3.8, 4) is 0 Å². The number of hydrogen-bond donors (Lipinski definition) is 3. The van der Waals surface area contributed by atoms with Crippen LogP contribution in [0.25, 0.3) is 27.5 Å². The number of pyridine rings is 1. The molecule has 0 spiro atoms. The number of carbonyl (C=O) groups is 1. The lowest BCUT2D eigenvalue weighted by molar-refractivity contribution is 0.0270. The molecule has 0 aliphatic carbocycles. The smallest absolute Gasteiger partial charge is 0.410 e. The molecule has 170 valence electrons. The summed E-state index contributed by atoms with van der Waals surface area (Å²) in [4.78, 5) is 22.0. The molecule has 0 saturated carbocycles. The first-order valence-corrected chi connectivity index (χ1v) is 11.2. The Balaban J connectivity index is 1.37. The van der Waals surface area contributed by atoms with Gasteiger partial charge in [0.1, 0.15) is 11.2 Å². The van der Waals surface area contributed by atoms with Crippen molar-refractivity contribution in [2.75, 3.05) is 18.4 Å². The monoisotopic (exact) mass is 464 g/mol. The van der Waals surface area contributed by atoms with Crippen LogP contribution in [0, 0.1) is 0 Å². The molecule has 1 aliphatic rings. The van der Waals surface area contributed by atoms with E-state index >= 15 is 0 Å². The Morgan fingerprint density at radius 3 is 2.82 bits per heavy atom. The van der Waals surface area contributed by atoms with Gasteiger partial charge < -0.3 is 19.9 Å². The van der Waals surface area contributed by atoms with E-state index in [1.165, 1.54) is 0 Å². The topological polar surface area (TPSA) is 98.9 Å². The predicted molar refractivity (Wildman–Crippen MR) is 131 cm³/mol. The molecular weight excluding hydrogens is 440 g/mol. The Morgan fingerprint density at radius 1 is 1.21 bits per heavy atom. The molecular formula is C24H25ClN6O2. The van der Waals surface area contributed by atoms with E-state index < -0.39 is 5.60 Å². The Kier molecular flexibility index (Phi) is 5.25. The van der Waals surface area contributed by atoms with Crippen LogP contribution in [0.15, 0.2) is 42.6 Å². The molecule has 1 aliphatic heterocycles. The van der Waals surface area contributed by atoms with E-state index in [9.17, 15) is 4.79 Å². The number of aromatic nitrogens is 4. The van der Waals surface area contributed by atoms with Gasteiger partial charge in [-0.05, 0) is 63.1 Å². The molecule has 4 aromatic rings. The lowest BCUT2D eigenvalue weighted by Gasteiger charge is -2.29. The van der Waals surface area contributed by atoms with E-state index in [4.69, 9.17) is 16.3 Å². The minimum Gasteiger partial charge on any atom is -0.444 e. The fraction of sp³-hybridized carbons (Fsp3) is 0.292. The van der Waals surface area contributed by atoms with Crippen LogP contribution in [0.3, 0.4) is 0 Å². The average molecular weight is 465 g/mol. The van der Waals surface area contributed by atoms with Gasteiger partial charge >= 0.3 is 6.09 Å². The van der Waals surface area contributed by atoms with Crippen LogP contribution in [0.1, 0.15) is 32.9 Å². The van der Waals surface area contributed by atoms with E-state index in [0.29, 0.717) is 18.2 Å². The van der Waals surface area contributed by atoms with Crippen molar-refractivity contribution in [3.05, 3.63) is 53.5 Å². The second-order valence-corrected chi connectivity index (χ2v) is 9.47. The van der Waals surface area contributed by atoms with Crippen LogP contribution in [-0.2, 0) is 4.74 Å². The largest absolute Gasteiger partial charge is 0.444 e. The molecule has 4 heterocycles. The minimum atomic E-state index is -0.499. The lowest BCUT2D eigenvalue weighted by Crippen LogP contribution is -2.39. The highest BCUT2D eigenvalue weighted by Gasteiger charge is 2.24.